The van der Waals surface area contributed by atoms with Crippen LogP contribution in [0.5, 0.6) is 0 Å². The van der Waals surface area contributed by atoms with Crippen molar-refractivity contribution in [2.75, 3.05) is 44.2 Å². The highest BCUT2D eigenvalue weighted by Crippen LogP contribution is 2.21. The van der Waals surface area contributed by atoms with Gasteiger partial charge in [0.15, 0.2) is 0 Å². The lowest BCUT2D eigenvalue weighted by molar-refractivity contribution is -0.00645. The van der Waals surface area contributed by atoms with Gasteiger partial charge in [-0.05, 0) is 31.4 Å². The zero-order valence-electron chi connectivity index (χ0n) is 12.5. The number of hydrogen-bond donors (Lipinski definition) is 0. The van der Waals surface area contributed by atoms with Gasteiger partial charge in [-0.1, -0.05) is 12.1 Å². The molecule has 1 aromatic rings. The minimum absolute atomic E-state index is 0.427. The summed E-state index contributed by atoms with van der Waals surface area (Å²) in [6, 6.07) is 10.2. The van der Waals surface area contributed by atoms with Gasteiger partial charge in [-0.25, -0.2) is 0 Å². The molecule has 2 aliphatic heterocycles. The van der Waals surface area contributed by atoms with Gasteiger partial charge in [0, 0.05) is 39.3 Å². The first-order valence-corrected chi connectivity index (χ1v) is 7.95. The van der Waals surface area contributed by atoms with Crippen molar-refractivity contribution in [3.8, 4) is 6.07 Å². The van der Waals surface area contributed by atoms with Crippen LogP contribution >= 0.6 is 0 Å². The van der Waals surface area contributed by atoms with Gasteiger partial charge in [0.1, 0.15) is 6.07 Å². The second-order valence-corrected chi connectivity index (χ2v) is 5.91. The Balaban J connectivity index is 1.54. The summed E-state index contributed by atoms with van der Waals surface area (Å²) in [5.74, 6) is 0. The topological polar surface area (TPSA) is 39.5 Å². The van der Waals surface area contributed by atoms with Crippen LogP contribution in [0.15, 0.2) is 24.3 Å². The number of anilines is 1. The summed E-state index contributed by atoms with van der Waals surface area (Å²) >= 11 is 0. The van der Waals surface area contributed by atoms with E-state index in [1.807, 2.05) is 18.2 Å². The normalized spacial score (nSPS) is 23.8. The molecule has 4 heteroatoms. The number of nitrogens with zero attached hydrogens (tertiary/aromatic N) is 3. The van der Waals surface area contributed by atoms with E-state index in [0.717, 1.165) is 50.6 Å². The van der Waals surface area contributed by atoms with Crippen molar-refractivity contribution in [3.63, 3.8) is 0 Å². The fourth-order valence-corrected chi connectivity index (χ4v) is 3.25. The SMILES string of the molecule is N#Cc1ccccc1N1CCN(C[C@@H]2CCCCO2)CC1. The number of benzene rings is 1. The second-order valence-electron chi connectivity index (χ2n) is 5.91. The summed E-state index contributed by atoms with van der Waals surface area (Å²) < 4.78 is 5.83. The first-order valence-electron chi connectivity index (χ1n) is 7.95. The van der Waals surface area contributed by atoms with E-state index < -0.39 is 0 Å². The smallest absolute Gasteiger partial charge is 0.101 e. The second kappa shape index (κ2) is 6.93. The van der Waals surface area contributed by atoms with E-state index in [4.69, 9.17) is 4.74 Å². The lowest BCUT2D eigenvalue weighted by Crippen LogP contribution is -2.49. The Bertz CT molecular complexity index is 497. The number of para-hydroxylation sites is 1. The van der Waals surface area contributed by atoms with E-state index in [1.54, 1.807) is 0 Å². The molecule has 0 bridgehead atoms. The maximum atomic E-state index is 9.21. The summed E-state index contributed by atoms with van der Waals surface area (Å²) in [5.41, 5.74) is 1.86. The van der Waals surface area contributed by atoms with Gasteiger partial charge in [0.25, 0.3) is 0 Å². The zero-order valence-corrected chi connectivity index (χ0v) is 12.5. The molecule has 0 spiro atoms. The van der Waals surface area contributed by atoms with Crippen LogP contribution in [0.25, 0.3) is 0 Å². The Morgan fingerprint density at radius 2 is 1.95 bits per heavy atom. The first kappa shape index (κ1) is 14.4. The monoisotopic (exact) mass is 285 g/mol. The van der Waals surface area contributed by atoms with Crippen LogP contribution in [-0.2, 0) is 4.74 Å². The van der Waals surface area contributed by atoms with E-state index in [1.165, 1.54) is 19.3 Å². The van der Waals surface area contributed by atoms with Crippen molar-refractivity contribution in [2.24, 2.45) is 0 Å². The lowest BCUT2D eigenvalue weighted by atomic mass is 10.1. The number of hydrogen-bond acceptors (Lipinski definition) is 4. The summed E-state index contributed by atoms with van der Waals surface area (Å²) in [4.78, 5) is 4.83. The highest BCUT2D eigenvalue weighted by atomic mass is 16.5. The summed E-state index contributed by atoms with van der Waals surface area (Å²) in [6.07, 6.45) is 4.16. The van der Waals surface area contributed by atoms with Gasteiger partial charge in [-0.2, -0.15) is 5.26 Å². The molecule has 0 N–H and O–H groups in total. The Labute approximate surface area is 126 Å². The molecule has 0 amide bonds. The van der Waals surface area contributed by atoms with Crippen LogP contribution in [0.3, 0.4) is 0 Å². The van der Waals surface area contributed by atoms with Crippen LogP contribution in [0.2, 0.25) is 0 Å². The largest absolute Gasteiger partial charge is 0.377 e. The lowest BCUT2D eigenvalue weighted by Gasteiger charge is -2.38. The van der Waals surface area contributed by atoms with Gasteiger partial charge in [-0.15, -0.1) is 0 Å². The third kappa shape index (κ3) is 3.55. The minimum Gasteiger partial charge on any atom is -0.377 e. The molecule has 2 fully saturated rings. The van der Waals surface area contributed by atoms with Gasteiger partial charge in [0.05, 0.1) is 17.4 Å². The van der Waals surface area contributed by atoms with Gasteiger partial charge in [-0.3, -0.25) is 4.90 Å². The van der Waals surface area contributed by atoms with Crippen molar-refractivity contribution >= 4 is 5.69 Å². The Hall–Kier alpha value is -1.57. The molecule has 2 heterocycles. The summed E-state index contributed by atoms with van der Waals surface area (Å²) in [7, 11) is 0. The molecule has 1 aromatic carbocycles. The van der Waals surface area contributed by atoms with Crippen LogP contribution < -0.4 is 4.90 Å². The first-order chi connectivity index (χ1) is 10.4. The molecule has 3 rings (SSSR count). The fraction of sp³-hybridized carbons (Fsp3) is 0.588. The van der Waals surface area contributed by atoms with Crippen LogP contribution in [0.1, 0.15) is 24.8 Å². The highest BCUT2D eigenvalue weighted by Gasteiger charge is 2.22. The predicted octanol–water partition coefficient (Wildman–Crippen LogP) is 2.25. The molecule has 2 saturated heterocycles. The molecule has 0 unspecified atom stereocenters. The molecule has 4 nitrogen and oxygen atoms in total. The Morgan fingerprint density at radius 1 is 1.14 bits per heavy atom. The van der Waals surface area contributed by atoms with Crippen molar-refractivity contribution in [1.82, 2.24) is 4.90 Å². The number of piperazine rings is 1. The van der Waals surface area contributed by atoms with Gasteiger partial charge in [0.2, 0.25) is 0 Å². The summed E-state index contributed by atoms with van der Waals surface area (Å²) in [6.45, 7) is 6.09. The maximum absolute atomic E-state index is 9.21. The number of nitriles is 1. The third-order valence-corrected chi connectivity index (χ3v) is 4.47. The standard InChI is InChI=1S/C17H23N3O/c18-13-15-5-1-2-7-17(15)20-10-8-19(9-11-20)14-16-6-3-4-12-21-16/h1-2,5,7,16H,3-4,6,8-12,14H2/t16-/m0/s1. The predicted molar refractivity (Wildman–Crippen MR) is 83.4 cm³/mol. The molecule has 0 saturated carbocycles. The molecule has 0 aromatic heterocycles. The van der Waals surface area contributed by atoms with E-state index in [-0.39, 0.29) is 0 Å². The molecular weight excluding hydrogens is 262 g/mol. The molecule has 2 aliphatic rings. The Morgan fingerprint density at radius 3 is 2.67 bits per heavy atom. The fourth-order valence-electron chi connectivity index (χ4n) is 3.25. The van der Waals surface area contributed by atoms with E-state index in [0.29, 0.717) is 6.10 Å². The minimum atomic E-state index is 0.427. The zero-order chi connectivity index (χ0) is 14.5. The van der Waals surface area contributed by atoms with E-state index in [2.05, 4.69) is 21.9 Å². The highest BCUT2D eigenvalue weighted by molar-refractivity contribution is 5.59. The molecular formula is C17H23N3O. The molecule has 0 aliphatic carbocycles. The van der Waals surface area contributed by atoms with Crippen molar-refractivity contribution in [2.45, 2.75) is 25.4 Å². The molecule has 0 radical (unpaired) electrons. The summed E-state index contributed by atoms with van der Waals surface area (Å²) in [5, 5.41) is 9.21. The number of ether oxygens (including phenoxy) is 1. The van der Waals surface area contributed by atoms with E-state index >= 15 is 0 Å². The van der Waals surface area contributed by atoms with Crippen LogP contribution in [0, 0.1) is 11.3 Å². The van der Waals surface area contributed by atoms with Crippen molar-refractivity contribution in [1.29, 1.82) is 5.26 Å². The Kier molecular flexibility index (Phi) is 4.74. The van der Waals surface area contributed by atoms with Gasteiger partial charge < -0.3 is 9.64 Å². The molecule has 112 valence electrons. The van der Waals surface area contributed by atoms with Gasteiger partial charge >= 0.3 is 0 Å². The van der Waals surface area contributed by atoms with Crippen molar-refractivity contribution in [3.05, 3.63) is 29.8 Å². The quantitative estimate of drug-likeness (QED) is 0.854. The average Bonchev–Trinajstić information content (AvgIpc) is 2.56. The van der Waals surface area contributed by atoms with E-state index in [9.17, 15) is 5.26 Å². The van der Waals surface area contributed by atoms with Crippen LogP contribution in [-0.4, -0.2) is 50.3 Å². The average molecular weight is 285 g/mol. The third-order valence-electron chi connectivity index (χ3n) is 4.47. The maximum Gasteiger partial charge on any atom is 0.101 e. The molecule has 1 atom stereocenters. The molecule has 21 heavy (non-hydrogen) atoms. The number of rotatable bonds is 3. The van der Waals surface area contributed by atoms with Crippen molar-refractivity contribution < 1.29 is 4.74 Å². The van der Waals surface area contributed by atoms with Crippen LogP contribution in [0.4, 0.5) is 5.69 Å².